The predicted molar refractivity (Wildman–Crippen MR) is 93.8 cm³/mol. The lowest BCUT2D eigenvalue weighted by molar-refractivity contribution is 0.420. The number of rotatable bonds is 7. The summed E-state index contributed by atoms with van der Waals surface area (Å²) >= 11 is 0. The van der Waals surface area contributed by atoms with Gasteiger partial charge in [0.25, 0.3) is 0 Å². The summed E-state index contributed by atoms with van der Waals surface area (Å²) in [4.78, 5) is 0. The van der Waals surface area contributed by atoms with Crippen molar-refractivity contribution >= 4 is 9.84 Å². The third-order valence-corrected chi connectivity index (χ3v) is 6.08. The van der Waals surface area contributed by atoms with E-state index in [2.05, 4.69) is 39.0 Å². The maximum atomic E-state index is 12.4. The van der Waals surface area contributed by atoms with E-state index < -0.39 is 9.84 Å². The van der Waals surface area contributed by atoms with Crippen molar-refractivity contribution in [3.05, 3.63) is 48.0 Å². The lowest BCUT2D eigenvalue weighted by Gasteiger charge is -2.16. The maximum Gasteiger partial charge on any atom is 0.151 e. The number of hydrogen-bond acceptors (Lipinski definition) is 2. The van der Waals surface area contributed by atoms with Crippen LogP contribution in [0.1, 0.15) is 52.0 Å². The zero-order chi connectivity index (χ0) is 16.3. The summed E-state index contributed by atoms with van der Waals surface area (Å²) in [6.45, 7) is 6.56. The van der Waals surface area contributed by atoms with Gasteiger partial charge >= 0.3 is 0 Å². The van der Waals surface area contributed by atoms with Crippen molar-refractivity contribution in [1.29, 1.82) is 0 Å². The van der Waals surface area contributed by atoms with Gasteiger partial charge in [0, 0.05) is 5.41 Å². The molecule has 2 rings (SSSR count). The Hall–Kier alpha value is -1.09. The van der Waals surface area contributed by atoms with Crippen LogP contribution < -0.4 is 0 Å². The van der Waals surface area contributed by atoms with Crippen molar-refractivity contribution in [3.8, 4) is 0 Å². The Labute approximate surface area is 135 Å². The average molecular weight is 320 g/mol. The molecule has 0 saturated heterocycles. The van der Waals surface area contributed by atoms with E-state index in [4.69, 9.17) is 0 Å². The smallest absolute Gasteiger partial charge is 0.151 e. The molecular weight excluding hydrogens is 292 g/mol. The second kappa shape index (κ2) is 6.57. The van der Waals surface area contributed by atoms with Gasteiger partial charge in [-0.2, -0.15) is 0 Å². The molecule has 0 N–H and O–H groups in total. The highest BCUT2D eigenvalue weighted by atomic mass is 32.2. The minimum atomic E-state index is -2.99. The molecule has 1 aromatic carbocycles. The minimum absolute atomic E-state index is 0.102. The highest BCUT2D eigenvalue weighted by Crippen LogP contribution is 2.49. The van der Waals surface area contributed by atoms with Crippen molar-refractivity contribution < 1.29 is 8.42 Å². The van der Waals surface area contributed by atoms with Gasteiger partial charge in [0.05, 0.1) is 11.5 Å². The summed E-state index contributed by atoms with van der Waals surface area (Å²) in [5.41, 5.74) is 1.34. The largest absolute Gasteiger partial charge is 0.229 e. The van der Waals surface area contributed by atoms with Crippen LogP contribution in [0.5, 0.6) is 0 Å². The molecule has 1 fully saturated rings. The molecule has 122 valence electrons. The summed E-state index contributed by atoms with van der Waals surface area (Å²) in [5, 5.41) is 0. The molecule has 1 aromatic rings. The van der Waals surface area contributed by atoms with Crippen LogP contribution in [-0.2, 0) is 15.3 Å². The van der Waals surface area contributed by atoms with Crippen molar-refractivity contribution in [2.75, 3.05) is 11.5 Å². The minimum Gasteiger partial charge on any atom is -0.229 e. The molecule has 0 amide bonds. The molecule has 0 unspecified atom stereocenters. The fourth-order valence-corrected chi connectivity index (χ4v) is 4.69. The molecule has 1 aliphatic carbocycles. The van der Waals surface area contributed by atoms with E-state index in [1.54, 1.807) is 0 Å². The number of allylic oxidation sites excluding steroid dienone is 2. The first kappa shape index (κ1) is 17.3. The highest BCUT2D eigenvalue weighted by Gasteiger charge is 2.47. The molecule has 2 nitrogen and oxygen atoms in total. The predicted octanol–water partition coefficient (Wildman–Crippen LogP) is 4.52. The van der Waals surface area contributed by atoms with Gasteiger partial charge < -0.3 is 0 Å². The van der Waals surface area contributed by atoms with E-state index in [1.165, 1.54) is 5.56 Å². The summed E-state index contributed by atoms with van der Waals surface area (Å²) in [7, 11) is -2.99. The lowest BCUT2D eigenvalue weighted by Crippen LogP contribution is -2.23. The van der Waals surface area contributed by atoms with Gasteiger partial charge in [0.1, 0.15) is 0 Å². The molecule has 0 atom stereocenters. The van der Waals surface area contributed by atoms with Gasteiger partial charge in [0.15, 0.2) is 9.84 Å². The van der Waals surface area contributed by atoms with E-state index >= 15 is 0 Å². The topological polar surface area (TPSA) is 34.1 Å². The van der Waals surface area contributed by atoms with Gasteiger partial charge in [0.2, 0.25) is 0 Å². The molecule has 0 aliphatic heterocycles. The van der Waals surface area contributed by atoms with Crippen molar-refractivity contribution in [2.45, 2.75) is 51.9 Å². The van der Waals surface area contributed by atoms with Crippen LogP contribution in [0.3, 0.4) is 0 Å². The summed E-state index contributed by atoms with van der Waals surface area (Å²) in [6.07, 6.45) is 7.74. The van der Waals surface area contributed by atoms with Crippen molar-refractivity contribution in [2.24, 2.45) is 5.41 Å². The molecule has 0 bridgehead atoms. The average Bonchev–Trinajstić information content (AvgIpc) is 3.18. The molecular formula is C19H28O2S. The fraction of sp³-hybridized carbons (Fsp3) is 0.579. The van der Waals surface area contributed by atoms with Crippen LogP contribution in [0.25, 0.3) is 0 Å². The van der Waals surface area contributed by atoms with Crippen LogP contribution in [0.2, 0.25) is 0 Å². The fourth-order valence-electron chi connectivity index (χ4n) is 2.75. The lowest BCUT2D eigenvalue weighted by atomic mass is 9.92. The number of hydrogen-bond donors (Lipinski definition) is 0. The summed E-state index contributed by atoms with van der Waals surface area (Å²) < 4.78 is 24.8. The Morgan fingerprint density at radius 1 is 1.09 bits per heavy atom. The Balaban J connectivity index is 1.87. The van der Waals surface area contributed by atoms with Gasteiger partial charge in [-0.1, -0.05) is 63.3 Å². The van der Waals surface area contributed by atoms with E-state index in [1.807, 2.05) is 24.3 Å². The summed E-state index contributed by atoms with van der Waals surface area (Å²) in [6, 6.07) is 10.1. The molecule has 0 heterocycles. The Kier molecular flexibility index (Phi) is 5.16. The van der Waals surface area contributed by atoms with Crippen molar-refractivity contribution in [1.82, 2.24) is 0 Å². The maximum absolute atomic E-state index is 12.4. The zero-order valence-electron chi connectivity index (χ0n) is 14.0. The molecule has 3 heteroatoms. The first-order valence-corrected chi connectivity index (χ1v) is 9.96. The first-order chi connectivity index (χ1) is 10.2. The van der Waals surface area contributed by atoms with Crippen LogP contribution in [0, 0.1) is 5.41 Å². The number of benzene rings is 1. The second-order valence-corrected chi connectivity index (χ2v) is 9.95. The second-order valence-electron chi connectivity index (χ2n) is 7.76. The van der Waals surface area contributed by atoms with E-state index in [-0.39, 0.29) is 16.6 Å². The van der Waals surface area contributed by atoms with E-state index in [0.717, 1.165) is 19.3 Å². The molecule has 22 heavy (non-hydrogen) atoms. The molecule has 0 spiro atoms. The Morgan fingerprint density at radius 3 is 2.27 bits per heavy atom. The molecule has 1 saturated carbocycles. The summed E-state index contributed by atoms with van der Waals surface area (Å²) in [5.74, 6) is 0.569. The van der Waals surface area contributed by atoms with E-state index in [9.17, 15) is 8.42 Å². The van der Waals surface area contributed by atoms with Gasteiger partial charge in [-0.05, 0) is 36.7 Å². The van der Waals surface area contributed by atoms with Crippen LogP contribution in [-0.4, -0.2) is 19.9 Å². The normalized spacial score (nSPS) is 17.8. The van der Waals surface area contributed by atoms with E-state index in [0.29, 0.717) is 12.2 Å². The Bertz CT molecular complexity index is 603. The SMILES string of the molecule is CC(C)(C)C/C=C\CCS(=O)(=O)CC1(c2ccccc2)CC1. The van der Waals surface area contributed by atoms with Crippen LogP contribution in [0.15, 0.2) is 42.5 Å². The van der Waals surface area contributed by atoms with Gasteiger partial charge in [-0.3, -0.25) is 0 Å². The zero-order valence-corrected chi connectivity index (χ0v) is 14.8. The quantitative estimate of drug-likeness (QED) is 0.692. The van der Waals surface area contributed by atoms with Crippen LogP contribution in [0.4, 0.5) is 0 Å². The van der Waals surface area contributed by atoms with Crippen LogP contribution >= 0.6 is 0 Å². The molecule has 0 radical (unpaired) electrons. The van der Waals surface area contributed by atoms with Crippen molar-refractivity contribution in [3.63, 3.8) is 0 Å². The molecule has 1 aliphatic rings. The van der Waals surface area contributed by atoms with Gasteiger partial charge in [-0.15, -0.1) is 0 Å². The number of sulfone groups is 1. The highest BCUT2D eigenvalue weighted by molar-refractivity contribution is 7.91. The first-order valence-electron chi connectivity index (χ1n) is 8.14. The molecule has 0 aromatic heterocycles. The Morgan fingerprint density at radius 2 is 1.73 bits per heavy atom. The monoisotopic (exact) mass is 320 g/mol. The third-order valence-electron chi connectivity index (χ3n) is 4.23. The van der Waals surface area contributed by atoms with Gasteiger partial charge in [-0.25, -0.2) is 8.42 Å². The third kappa shape index (κ3) is 5.28. The standard InChI is InChI=1S/C19H28O2S/c1-18(2,3)12-8-5-9-15-22(20,21)16-19(13-14-19)17-10-6-4-7-11-17/h4-8,10-11H,9,12-16H2,1-3H3/b8-5-.